The zero-order chi connectivity index (χ0) is 13.9. The number of aliphatic carboxylic acids is 1. The van der Waals surface area contributed by atoms with Gasteiger partial charge in [0.1, 0.15) is 0 Å². The lowest BCUT2D eigenvalue weighted by atomic mass is 9.82. The summed E-state index contributed by atoms with van der Waals surface area (Å²) in [7, 11) is 0. The largest absolute Gasteiger partial charge is 0.479 e. The molecule has 3 nitrogen and oxygen atoms in total. The average molecular weight is 262 g/mol. The van der Waals surface area contributed by atoms with Crippen LogP contribution in [0.4, 0.5) is 0 Å². The van der Waals surface area contributed by atoms with Crippen LogP contribution in [0, 0.1) is 0 Å². The van der Waals surface area contributed by atoms with Crippen LogP contribution in [0.1, 0.15) is 51.0 Å². The Morgan fingerprint density at radius 1 is 1.16 bits per heavy atom. The van der Waals surface area contributed by atoms with Gasteiger partial charge in [-0.1, -0.05) is 30.3 Å². The van der Waals surface area contributed by atoms with Gasteiger partial charge in [0.2, 0.25) is 0 Å². The van der Waals surface area contributed by atoms with Crippen LogP contribution in [-0.4, -0.2) is 22.8 Å². The van der Waals surface area contributed by atoms with Gasteiger partial charge in [0.25, 0.3) is 0 Å². The highest BCUT2D eigenvalue weighted by atomic mass is 16.5. The molecule has 1 aromatic rings. The SMILES string of the molecule is CC(C)(OC1CCC(c2ccccc2)CC1)C(=O)O. The van der Waals surface area contributed by atoms with Crippen LogP contribution in [0.3, 0.4) is 0 Å². The summed E-state index contributed by atoms with van der Waals surface area (Å²) in [6.45, 7) is 3.25. The van der Waals surface area contributed by atoms with E-state index in [9.17, 15) is 4.79 Å². The van der Waals surface area contributed by atoms with E-state index in [0.29, 0.717) is 5.92 Å². The molecule has 0 heterocycles. The van der Waals surface area contributed by atoms with E-state index in [1.807, 2.05) is 6.07 Å². The number of benzene rings is 1. The summed E-state index contributed by atoms with van der Waals surface area (Å²) in [5.41, 5.74) is 0.308. The quantitative estimate of drug-likeness (QED) is 0.902. The van der Waals surface area contributed by atoms with E-state index < -0.39 is 11.6 Å². The second-order valence-electron chi connectivity index (χ2n) is 5.82. The van der Waals surface area contributed by atoms with E-state index in [0.717, 1.165) is 25.7 Å². The molecule has 0 aromatic heterocycles. The zero-order valence-corrected chi connectivity index (χ0v) is 11.6. The van der Waals surface area contributed by atoms with E-state index in [2.05, 4.69) is 24.3 Å². The molecule has 1 N–H and O–H groups in total. The molecule has 19 heavy (non-hydrogen) atoms. The van der Waals surface area contributed by atoms with E-state index in [-0.39, 0.29) is 6.10 Å². The van der Waals surface area contributed by atoms with Crippen molar-refractivity contribution in [3.63, 3.8) is 0 Å². The molecule has 0 bridgehead atoms. The van der Waals surface area contributed by atoms with Gasteiger partial charge >= 0.3 is 5.97 Å². The molecular formula is C16H22O3. The first-order chi connectivity index (χ1) is 8.99. The molecule has 1 aliphatic rings. The van der Waals surface area contributed by atoms with Crippen molar-refractivity contribution in [2.45, 2.75) is 57.2 Å². The fourth-order valence-corrected chi connectivity index (χ4v) is 2.71. The lowest BCUT2D eigenvalue weighted by Gasteiger charge is -2.33. The van der Waals surface area contributed by atoms with Crippen molar-refractivity contribution in [3.05, 3.63) is 35.9 Å². The summed E-state index contributed by atoms with van der Waals surface area (Å²) in [4.78, 5) is 11.1. The fourth-order valence-electron chi connectivity index (χ4n) is 2.71. The van der Waals surface area contributed by atoms with E-state index in [4.69, 9.17) is 9.84 Å². The van der Waals surface area contributed by atoms with Gasteiger partial charge in [-0.05, 0) is 51.0 Å². The van der Waals surface area contributed by atoms with Gasteiger partial charge < -0.3 is 9.84 Å². The predicted molar refractivity (Wildman–Crippen MR) is 74.2 cm³/mol. The Morgan fingerprint density at radius 3 is 2.26 bits per heavy atom. The van der Waals surface area contributed by atoms with Crippen LogP contribution in [-0.2, 0) is 9.53 Å². The highest BCUT2D eigenvalue weighted by Gasteiger charge is 2.33. The number of carboxylic acid groups (broad SMARTS) is 1. The molecule has 2 rings (SSSR count). The molecule has 0 radical (unpaired) electrons. The van der Waals surface area contributed by atoms with Gasteiger partial charge in [0, 0.05) is 0 Å². The molecule has 0 amide bonds. The molecule has 0 unspecified atom stereocenters. The van der Waals surface area contributed by atoms with Crippen molar-refractivity contribution in [2.75, 3.05) is 0 Å². The molecule has 0 atom stereocenters. The first-order valence-corrected chi connectivity index (χ1v) is 6.95. The standard InChI is InChI=1S/C16H22O3/c1-16(2,15(17)18)19-14-10-8-13(9-11-14)12-6-4-3-5-7-12/h3-7,13-14H,8-11H2,1-2H3,(H,17,18). The van der Waals surface area contributed by atoms with Crippen LogP contribution in [0.25, 0.3) is 0 Å². The Bertz CT molecular complexity index is 417. The Hall–Kier alpha value is -1.35. The second kappa shape index (κ2) is 5.74. The predicted octanol–water partition coefficient (Wildman–Crippen LogP) is 3.59. The number of carbonyl (C=O) groups is 1. The Morgan fingerprint density at radius 2 is 1.74 bits per heavy atom. The lowest BCUT2D eigenvalue weighted by molar-refractivity contribution is -0.170. The first kappa shape index (κ1) is 14.1. The number of hydrogen-bond donors (Lipinski definition) is 1. The maximum absolute atomic E-state index is 11.1. The molecule has 1 saturated carbocycles. The van der Waals surface area contributed by atoms with Crippen molar-refractivity contribution in [1.82, 2.24) is 0 Å². The summed E-state index contributed by atoms with van der Waals surface area (Å²) in [5.74, 6) is -0.299. The Labute approximate surface area is 114 Å². The van der Waals surface area contributed by atoms with Gasteiger partial charge in [0.05, 0.1) is 6.10 Å². The summed E-state index contributed by atoms with van der Waals surface area (Å²) in [5, 5.41) is 9.08. The number of carboxylic acids is 1. The van der Waals surface area contributed by atoms with Gasteiger partial charge in [-0.25, -0.2) is 4.79 Å². The summed E-state index contributed by atoms with van der Waals surface area (Å²) in [6, 6.07) is 10.5. The fraction of sp³-hybridized carbons (Fsp3) is 0.562. The minimum atomic E-state index is -1.08. The maximum atomic E-state index is 11.1. The summed E-state index contributed by atoms with van der Waals surface area (Å²) < 4.78 is 5.72. The van der Waals surface area contributed by atoms with Crippen molar-refractivity contribution < 1.29 is 14.6 Å². The highest BCUT2D eigenvalue weighted by Crippen LogP contribution is 2.35. The minimum Gasteiger partial charge on any atom is -0.479 e. The van der Waals surface area contributed by atoms with Gasteiger partial charge in [-0.3, -0.25) is 0 Å². The third-order valence-corrected chi connectivity index (χ3v) is 3.92. The topological polar surface area (TPSA) is 46.5 Å². The van der Waals surface area contributed by atoms with Crippen molar-refractivity contribution >= 4 is 5.97 Å². The molecular weight excluding hydrogens is 240 g/mol. The molecule has 0 spiro atoms. The molecule has 0 saturated heterocycles. The number of rotatable bonds is 4. The smallest absolute Gasteiger partial charge is 0.335 e. The average Bonchev–Trinajstić information content (AvgIpc) is 2.40. The van der Waals surface area contributed by atoms with Gasteiger partial charge in [-0.2, -0.15) is 0 Å². The maximum Gasteiger partial charge on any atom is 0.335 e. The molecule has 104 valence electrons. The molecule has 3 heteroatoms. The minimum absolute atomic E-state index is 0.0751. The zero-order valence-electron chi connectivity index (χ0n) is 11.6. The van der Waals surface area contributed by atoms with Gasteiger partial charge in [0.15, 0.2) is 5.60 Å². The van der Waals surface area contributed by atoms with Crippen LogP contribution in [0.2, 0.25) is 0 Å². The van der Waals surface area contributed by atoms with Crippen LogP contribution in [0.15, 0.2) is 30.3 Å². The third kappa shape index (κ3) is 3.57. The van der Waals surface area contributed by atoms with Crippen molar-refractivity contribution in [3.8, 4) is 0 Å². The van der Waals surface area contributed by atoms with Crippen LogP contribution >= 0.6 is 0 Å². The molecule has 1 aromatic carbocycles. The Kier molecular flexibility index (Phi) is 4.25. The monoisotopic (exact) mass is 262 g/mol. The van der Waals surface area contributed by atoms with Crippen LogP contribution in [0.5, 0.6) is 0 Å². The summed E-state index contributed by atoms with van der Waals surface area (Å²) in [6.07, 6.45) is 4.10. The normalized spacial score (nSPS) is 24.1. The van der Waals surface area contributed by atoms with Gasteiger partial charge in [-0.15, -0.1) is 0 Å². The highest BCUT2D eigenvalue weighted by molar-refractivity contribution is 5.76. The van der Waals surface area contributed by atoms with Crippen LogP contribution < -0.4 is 0 Å². The van der Waals surface area contributed by atoms with Crippen molar-refractivity contribution in [1.29, 1.82) is 0 Å². The van der Waals surface area contributed by atoms with E-state index in [1.54, 1.807) is 13.8 Å². The lowest BCUT2D eigenvalue weighted by Crippen LogP contribution is -2.39. The second-order valence-corrected chi connectivity index (χ2v) is 5.82. The van der Waals surface area contributed by atoms with Crippen molar-refractivity contribution in [2.24, 2.45) is 0 Å². The molecule has 0 aliphatic heterocycles. The number of ether oxygens (including phenoxy) is 1. The number of hydrogen-bond acceptors (Lipinski definition) is 2. The molecule has 1 fully saturated rings. The first-order valence-electron chi connectivity index (χ1n) is 6.95. The van der Waals surface area contributed by atoms with E-state index >= 15 is 0 Å². The third-order valence-electron chi connectivity index (χ3n) is 3.92. The summed E-state index contributed by atoms with van der Waals surface area (Å²) >= 11 is 0. The molecule has 1 aliphatic carbocycles. The van der Waals surface area contributed by atoms with E-state index in [1.165, 1.54) is 5.56 Å². The Balaban J connectivity index is 1.88.